The van der Waals surface area contributed by atoms with Gasteiger partial charge >= 0.3 is 0 Å². The summed E-state index contributed by atoms with van der Waals surface area (Å²) in [6.07, 6.45) is 0. The Balaban J connectivity index is 0.00000441. The number of nitrogens with two attached hydrogens (primary N) is 1. The molecule has 0 heterocycles. The van der Waals surface area contributed by atoms with Crippen LogP contribution in [0.15, 0.2) is 24.3 Å². The monoisotopic (exact) mass is 329 g/mol. The van der Waals surface area contributed by atoms with E-state index in [0.717, 1.165) is 5.56 Å². The van der Waals surface area contributed by atoms with Crippen molar-refractivity contribution >= 4 is 24.2 Å². The van der Waals surface area contributed by atoms with Gasteiger partial charge in [0.05, 0.1) is 19.7 Å². The third-order valence-electron chi connectivity index (χ3n) is 3.11. The molecule has 1 aromatic rings. The molecule has 0 saturated heterocycles. The maximum absolute atomic E-state index is 11.7. The Morgan fingerprint density at radius 1 is 1.23 bits per heavy atom. The standard InChI is InChI=1S/C15H23N3O3.ClH/c1-10(2)14(16)15(20)18-9-13(19)17-8-11-6-4-5-7-12(11)21-3;/h4-7,10,14H,8-9,16H2,1-3H3,(H,17,19)(H,18,20);1H/t14-;/m0./s1. The molecule has 0 aliphatic carbocycles. The Morgan fingerprint density at radius 3 is 2.45 bits per heavy atom. The Labute approximate surface area is 137 Å². The predicted octanol–water partition coefficient (Wildman–Crippen LogP) is 0.833. The van der Waals surface area contributed by atoms with Gasteiger partial charge in [-0.25, -0.2) is 0 Å². The lowest BCUT2D eigenvalue weighted by atomic mass is 10.1. The molecule has 0 bridgehead atoms. The first-order valence-electron chi connectivity index (χ1n) is 6.87. The topological polar surface area (TPSA) is 93.5 Å². The van der Waals surface area contributed by atoms with E-state index in [4.69, 9.17) is 10.5 Å². The SMILES string of the molecule is COc1ccccc1CNC(=O)CNC(=O)[C@@H](N)C(C)C.Cl. The van der Waals surface area contributed by atoms with Crippen molar-refractivity contribution in [2.24, 2.45) is 11.7 Å². The van der Waals surface area contributed by atoms with Crippen LogP contribution in [0, 0.1) is 5.92 Å². The van der Waals surface area contributed by atoms with Crippen LogP contribution in [0.3, 0.4) is 0 Å². The van der Waals surface area contributed by atoms with Crippen LogP contribution in [-0.2, 0) is 16.1 Å². The molecule has 124 valence electrons. The normalized spacial score (nSPS) is 11.3. The highest BCUT2D eigenvalue weighted by Gasteiger charge is 2.17. The van der Waals surface area contributed by atoms with Crippen LogP contribution in [-0.4, -0.2) is 31.5 Å². The zero-order chi connectivity index (χ0) is 15.8. The average Bonchev–Trinajstić information content (AvgIpc) is 2.49. The van der Waals surface area contributed by atoms with Gasteiger partial charge in [-0.3, -0.25) is 9.59 Å². The molecule has 1 aromatic carbocycles. The van der Waals surface area contributed by atoms with Gasteiger partial charge in [-0.15, -0.1) is 12.4 Å². The molecule has 0 aliphatic heterocycles. The van der Waals surface area contributed by atoms with Gasteiger partial charge in [-0.05, 0) is 12.0 Å². The molecule has 0 radical (unpaired) electrons. The van der Waals surface area contributed by atoms with Crippen molar-refractivity contribution in [1.82, 2.24) is 10.6 Å². The molecule has 7 heteroatoms. The number of hydrogen-bond donors (Lipinski definition) is 3. The number of rotatable bonds is 7. The van der Waals surface area contributed by atoms with Crippen molar-refractivity contribution in [3.63, 3.8) is 0 Å². The number of halogens is 1. The van der Waals surface area contributed by atoms with Crippen LogP contribution in [0.25, 0.3) is 0 Å². The second kappa shape index (κ2) is 10.0. The Kier molecular flexibility index (Phi) is 9.21. The Morgan fingerprint density at radius 2 is 1.86 bits per heavy atom. The van der Waals surface area contributed by atoms with E-state index in [0.29, 0.717) is 12.3 Å². The van der Waals surface area contributed by atoms with Crippen LogP contribution < -0.4 is 21.1 Å². The first-order valence-corrected chi connectivity index (χ1v) is 6.87. The lowest BCUT2D eigenvalue weighted by Gasteiger charge is -2.15. The molecule has 0 saturated carbocycles. The highest BCUT2D eigenvalue weighted by Crippen LogP contribution is 2.16. The first kappa shape index (κ1) is 20.2. The fourth-order valence-corrected chi connectivity index (χ4v) is 1.69. The molecule has 22 heavy (non-hydrogen) atoms. The van der Waals surface area contributed by atoms with E-state index in [-0.39, 0.29) is 36.7 Å². The van der Waals surface area contributed by atoms with Crippen LogP contribution in [0.4, 0.5) is 0 Å². The predicted molar refractivity (Wildman–Crippen MR) is 87.9 cm³/mol. The van der Waals surface area contributed by atoms with Crippen molar-refractivity contribution < 1.29 is 14.3 Å². The Bertz CT molecular complexity index is 495. The van der Waals surface area contributed by atoms with Crippen LogP contribution >= 0.6 is 12.4 Å². The summed E-state index contributed by atoms with van der Waals surface area (Å²) in [7, 11) is 1.58. The number of methoxy groups -OCH3 is 1. The summed E-state index contributed by atoms with van der Waals surface area (Å²) < 4.78 is 5.20. The van der Waals surface area contributed by atoms with Crippen molar-refractivity contribution in [1.29, 1.82) is 0 Å². The summed E-state index contributed by atoms with van der Waals surface area (Å²) in [5.74, 6) is 0.146. The number of nitrogens with one attached hydrogen (secondary N) is 2. The van der Waals surface area contributed by atoms with E-state index in [1.165, 1.54) is 0 Å². The summed E-state index contributed by atoms with van der Waals surface area (Å²) >= 11 is 0. The number of hydrogen-bond acceptors (Lipinski definition) is 4. The molecule has 2 amide bonds. The minimum Gasteiger partial charge on any atom is -0.496 e. The molecule has 6 nitrogen and oxygen atoms in total. The van der Waals surface area contributed by atoms with Gasteiger partial charge in [0.1, 0.15) is 5.75 Å². The number of carbonyl (C=O) groups is 2. The van der Waals surface area contributed by atoms with E-state index in [9.17, 15) is 9.59 Å². The number of amides is 2. The van der Waals surface area contributed by atoms with Crippen LogP contribution in [0.1, 0.15) is 19.4 Å². The molecule has 0 fully saturated rings. The lowest BCUT2D eigenvalue weighted by Crippen LogP contribution is -2.47. The number of benzene rings is 1. The van der Waals surface area contributed by atoms with Gasteiger partial charge in [0.25, 0.3) is 0 Å². The van der Waals surface area contributed by atoms with Gasteiger partial charge in [0.15, 0.2) is 0 Å². The van der Waals surface area contributed by atoms with E-state index < -0.39 is 6.04 Å². The van der Waals surface area contributed by atoms with Gasteiger partial charge in [0.2, 0.25) is 11.8 Å². The Hall–Kier alpha value is -1.79. The summed E-state index contributed by atoms with van der Waals surface area (Å²) in [5, 5.41) is 5.24. The maximum Gasteiger partial charge on any atom is 0.239 e. The van der Waals surface area contributed by atoms with Crippen molar-refractivity contribution in [3.8, 4) is 5.75 Å². The molecule has 0 aliphatic rings. The molecule has 4 N–H and O–H groups in total. The minimum atomic E-state index is -0.605. The number of carbonyl (C=O) groups excluding carboxylic acids is 2. The van der Waals surface area contributed by atoms with E-state index >= 15 is 0 Å². The molecule has 1 atom stereocenters. The van der Waals surface area contributed by atoms with E-state index in [1.807, 2.05) is 38.1 Å². The van der Waals surface area contributed by atoms with Gasteiger partial charge in [0, 0.05) is 12.1 Å². The van der Waals surface area contributed by atoms with Crippen LogP contribution in [0.2, 0.25) is 0 Å². The largest absolute Gasteiger partial charge is 0.496 e. The van der Waals surface area contributed by atoms with Crippen molar-refractivity contribution in [2.75, 3.05) is 13.7 Å². The fraction of sp³-hybridized carbons (Fsp3) is 0.467. The second-order valence-electron chi connectivity index (χ2n) is 5.08. The first-order chi connectivity index (χ1) is 9.95. The van der Waals surface area contributed by atoms with E-state index in [2.05, 4.69) is 10.6 Å². The minimum absolute atomic E-state index is 0. The molecule has 0 spiro atoms. The van der Waals surface area contributed by atoms with Gasteiger partial charge in [-0.1, -0.05) is 32.0 Å². The third kappa shape index (κ3) is 6.32. The highest BCUT2D eigenvalue weighted by molar-refractivity contribution is 5.87. The smallest absolute Gasteiger partial charge is 0.239 e. The van der Waals surface area contributed by atoms with Crippen LogP contribution in [0.5, 0.6) is 5.75 Å². The zero-order valence-electron chi connectivity index (χ0n) is 13.1. The highest BCUT2D eigenvalue weighted by atomic mass is 35.5. The lowest BCUT2D eigenvalue weighted by molar-refractivity contribution is -0.127. The van der Waals surface area contributed by atoms with Gasteiger partial charge in [-0.2, -0.15) is 0 Å². The molecule has 0 aromatic heterocycles. The fourth-order valence-electron chi connectivity index (χ4n) is 1.69. The van der Waals surface area contributed by atoms with Crippen molar-refractivity contribution in [3.05, 3.63) is 29.8 Å². The second-order valence-corrected chi connectivity index (χ2v) is 5.08. The third-order valence-corrected chi connectivity index (χ3v) is 3.11. The van der Waals surface area contributed by atoms with Crippen molar-refractivity contribution in [2.45, 2.75) is 26.4 Å². The number of ether oxygens (including phenoxy) is 1. The quantitative estimate of drug-likeness (QED) is 0.691. The molecule has 0 unspecified atom stereocenters. The van der Waals surface area contributed by atoms with Gasteiger partial charge < -0.3 is 21.1 Å². The summed E-state index contributed by atoms with van der Waals surface area (Å²) in [6, 6.07) is 6.81. The van der Waals surface area contributed by atoms with E-state index in [1.54, 1.807) is 7.11 Å². The molecular weight excluding hydrogens is 306 g/mol. The molecular formula is C15H24ClN3O3. The summed E-state index contributed by atoms with van der Waals surface area (Å²) in [6.45, 7) is 3.96. The molecule has 1 rings (SSSR count). The number of para-hydroxylation sites is 1. The summed E-state index contributed by atoms with van der Waals surface area (Å²) in [4.78, 5) is 23.3. The zero-order valence-corrected chi connectivity index (χ0v) is 13.9. The summed E-state index contributed by atoms with van der Waals surface area (Å²) in [5.41, 5.74) is 6.56. The average molecular weight is 330 g/mol. The maximum atomic E-state index is 11.7.